The van der Waals surface area contributed by atoms with E-state index in [-0.39, 0.29) is 24.5 Å². The van der Waals surface area contributed by atoms with Gasteiger partial charge in [-0.2, -0.15) is 0 Å². The zero-order valence-corrected chi connectivity index (χ0v) is 10.5. The predicted molar refractivity (Wildman–Crippen MR) is 62.4 cm³/mol. The third-order valence-electron chi connectivity index (χ3n) is 2.14. The Morgan fingerprint density at radius 1 is 1.47 bits per heavy atom. The Bertz CT molecular complexity index is 319. The minimum absolute atomic E-state index is 0.165. The molecule has 1 N–H and O–H groups in total. The molecule has 0 aromatic carbocycles. The largest absolute Gasteiger partial charge is 0.461 e. The lowest BCUT2D eigenvalue weighted by Gasteiger charge is -2.19. The Kier molecular flexibility index (Phi) is 4.15. The summed E-state index contributed by atoms with van der Waals surface area (Å²) >= 11 is 0. The van der Waals surface area contributed by atoms with Crippen molar-refractivity contribution in [3.63, 3.8) is 0 Å². The van der Waals surface area contributed by atoms with E-state index in [1.54, 1.807) is 20.8 Å². The summed E-state index contributed by atoms with van der Waals surface area (Å²) in [5.74, 6) is -0.548. The van der Waals surface area contributed by atoms with Gasteiger partial charge in [-0.3, -0.25) is 4.79 Å². The van der Waals surface area contributed by atoms with E-state index in [0.29, 0.717) is 6.42 Å². The van der Waals surface area contributed by atoms with Crippen LogP contribution in [0.5, 0.6) is 0 Å². The number of hydrogen-bond donors (Lipinski definition) is 1. The van der Waals surface area contributed by atoms with E-state index < -0.39 is 11.7 Å². The first-order chi connectivity index (χ1) is 7.83. The minimum Gasteiger partial charge on any atom is -0.461 e. The molecule has 1 aliphatic carbocycles. The van der Waals surface area contributed by atoms with Crippen LogP contribution in [-0.4, -0.2) is 30.3 Å². The third kappa shape index (κ3) is 4.89. The van der Waals surface area contributed by atoms with Gasteiger partial charge in [0.05, 0.1) is 5.92 Å². The van der Waals surface area contributed by atoms with Crippen molar-refractivity contribution in [1.82, 2.24) is 5.32 Å². The van der Waals surface area contributed by atoms with Gasteiger partial charge in [0.2, 0.25) is 0 Å². The fourth-order valence-corrected chi connectivity index (χ4v) is 1.32. The molecule has 1 saturated carbocycles. The van der Waals surface area contributed by atoms with E-state index in [1.165, 1.54) is 6.08 Å². The molecule has 1 rings (SSSR count). The van der Waals surface area contributed by atoms with Crippen molar-refractivity contribution in [2.75, 3.05) is 6.61 Å². The van der Waals surface area contributed by atoms with Crippen molar-refractivity contribution < 1.29 is 19.1 Å². The van der Waals surface area contributed by atoms with Crippen LogP contribution in [-0.2, 0) is 14.3 Å². The smallest absolute Gasteiger partial charge is 0.407 e. The standard InChI is InChI=1S/C12H19NO4/c1-5-6-16-10(14)8-7-9(8)13-11(15)17-12(2,3)4/h5,8-9H,1,6-7H2,2-4H3,(H,13,15)/t8-,9+/m0/s1. The van der Waals surface area contributed by atoms with E-state index in [0.717, 1.165) is 0 Å². The minimum atomic E-state index is -0.530. The van der Waals surface area contributed by atoms with Crippen molar-refractivity contribution >= 4 is 12.1 Å². The third-order valence-corrected chi connectivity index (χ3v) is 2.14. The molecule has 5 heteroatoms. The quantitative estimate of drug-likeness (QED) is 0.600. The van der Waals surface area contributed by atoms with Crippen LogP contribution in [0.3, 0.4) is 0 Å². The molecular formula is C12H19NO4. The first-order valence-electron chi connectivity index (χ1n) is 5.60. The second kappa shape index (κ2) is 5.21. The highest BCUT2D eigenvalue weighted by Crippen LogP contribution is 2.31. The van der Waals surface area contributed by atoms with Gasteiger partial charge < -0.3 is 14.8 Å². The molecule has 0 aromatic rings. The Labute approximate surface area is 101 Å². The summed E-state index contributed by atoms with van der Waals surface area (Å²) in [4.78, 5) is 22.8. The first kappa shape index (κ1) is 13.5. The van der Waals surface area contributed by atoms with Crippen LogP contribution in [0.2, 0.25) is 0 Å². The average molecular weight is 241 g/mol. The second-order valence-electron chi connectivity index (χ2n) is 5.01. The van der Waals surface area contributed by atoms with Crippen LogP contribution in [0.1, 0.15) is 27.2 Å². The lowest BCUT2D eigenvalue weighted by Crippen LogP contribution is -2.35. The van der Waals surface area contributed by atoms with E-state index >= 15 is 0 Å². The second-order valence-corrected chi connectivity index (χ2v) is 5.01. The first-order valence-corrected chi connectivity index (χ1v) is 5.60. The van der Waals surface area contributed by atoms with Gasteiger partial charge in [-0.05, 0) is 27.2 Å². The molecule has 17 heavy (non-hydrogen) atoms. The van der Waals surface area contributed by atoms with Crippen molar-refractivity contribution in [2.45, 2.75) is 38.8 Å². The zero-order chi connectivity index (χ0) is 13.1. The summed E-state index contributed by atoms with van der Waals surface area (Å²) < 4.78 is 9.96. The van der Waals surface area contributed by atoms with Crippen molar-refractivity contribution in [3.05, 3.63) is 12.7 Å². The van der Waals surface area contributed by atoms with Gasteiger partial charge in [0, 0.05) is 6.04 Å². The zero-order valence-electron chi connectivity index (χ0n) is 10.5. The van der Waals surface area contributed by atoms with Crippen molar-refractivity contribution in [2.24, 2.45) is 5.92 Å². The highest BCUT2D eigenvalue weighted by molar-refractivity contribution is 5.79. The summed E-state index contributed by atoms with van der Waals surface area (Å²) in [7, 11) is 0. The van der Waals surface area contributed by atoms with Gasteiger partial charge in [0.15, 0.2) is 0 Å². The Balaban J connectivity index is 2.26. The molecule has 0 unspecified atom stereocenters. The summed E-state index contributed by atoms with van der Waals surface area (Å²) in [6.45, 7) is 9.02. The van der Waals surface area contributed by atoms with Crippen molar-refractivity contribution in [1.29, 1.82) is 0 Å². The van der Waals surface area contributed by atoms with E-state index in [9.17, 15) is 9.59 Å². The van der Waals surface area contributed by atoms with Crippen LogP contribution in [0.15, 0.2) is 12.7 Å². The number of carbonyl (C=O) groups excluding carboxylic acids is 2. The molecule has 1 aliphatic rings. The Morgan fingerprint density at radius 2 is 2.12 bits per heavy atom. The number of esters is 1. The number of rotatable bonds is 4. The van der Waals surface area contributed by atoms with E-state index in [4.69, 9.17) is 9.47 Å². The summed E-state index contributed by atoms with van der Waals surface area (Å²) in [5, 5.41) is 2.63. The van der Waals surface area contributed by atoms with Crippen LogP contribution < -0.4 is 5.32 Å². The highest BCUT2D eigenvalue weighted by Gasteiger charge is 2.45. The lowest BCUT2D eigenvalue weighted by atomic mass is 10.2. The van der Waals surface area contributed by atoms with Crippen LogP contribution in [0.4, 0.5) is 4.79 Å². The molecule has 0 heterocycles. The molecule has 0 radical (unpaired) electrons. The molecular weight excluding hydrogens is 222 g/mol. The molecule has 0 spiro atoms. The average Bonchev–Trinajstić information content (AvgIpc) is 2.90. The molecule has 2 atom stereocenters. The molecule has 0 bridgehead atoms. The maximum Gasteiger partial charge on any atom is 0.407 e. The fraction of sp³-hybridized carbons (Fsp3) is 0.667. The van der Waals surface area contributed by atoms with Crippen LogP contribution in [0.25, 0.3) is 0 Å². The highest BCUT2D eigenvalue weighted by atomic mass is 16.6. The SMILES string of the molecule is C=CCOC(=O)[C@H]1C[C@H]1NC(=O)OC(C)(C)C. The number of ether oxygens (including phenoxy) is 2. The summed E-state index contributed by atoms with van der Waals surface area (Å²) in [5.41, 5.74) is -0.530. The van der Waals surface area contributed by atoms with E-state index in [1.807, 2.05) is 0 Å². The Morgan fingerprint density at radius 3 is 2.65 bits per heavy atom. The van der Waals surface area contributed by atoms with Gasteiger partial charge in [-0.25, -0.2) is 4.79 Å². The number of nitrogens with one attached hydrogen (secondary N) is 1. The van der Waals surface area contributed by atoms with Gasteiger partial charge in [0.1, 0.15) is 12.2 Å². The summed E-state index contributed by atoms with van der Waals surface area (Å²) in [6.07, 6.45) is 1.62. The lowest BCUT2D eigenvalue weighted by molar-refractivity contribution is -0.144. The predicted octanol–water partition coefficient (Wildman–Crippen LogP) is 1.63. The fourth-order valence-electron chi connectivity index (χ4n) is 1.32. The molecule has 0 aliphatic heterocycles. The van der Waals surface area contributed by atoms with Gasteiger partial charge in [0.25, 0.3) is 0 Å². The van der Waals surface area contributed by atoms with Gasteiger partial charge in [-0.1, -0.05) is 12.7 Å². The van der Waals surface area contributed by atoms with E-state index in [2.05, 4.69) is 11.9 Å². The molecule has 1 amide bonds. The number of hydrogen-bond acceptors (Lipinski definition) is 4. The maximum atomic E-state index is 11.4. The van der Waals surface area contributed by atoms with Crippen molar-refractivity contribution in [3.8, 4) is 0 Å². The van der Waals surface area contributed by atoms with Gasteiger partial charge >= 0.3 is 12.1 Å². The monoisotopic (exact) mass is 241 g/mol. The maximum absolute atomic E-state index is 11.4. The van der Waals surface area contributed by atoms with Crippen LogP contribution >= 0.6 is 0 Å². The van der Waals surface area contributed by atoms with Crippen LogP contribution in [0, 0.1) is 5.92 Å². The number of carbonyl (C=O) groups is 2. The van der Waals surface area contributed by atoms with Gasteiger partial charge in [-0.15, -0.1) is 0 Å². The molecule has 5 nitrogen and oxygen atoms in total. The number of alkyl carbamates (subject to hydrolysis) is 1. The number of amides is 1. The summed E-state index contributed by atoms with van der Waals surface area (Å²) in [6, 6.07) is -0.165. The normalized spacial score (nSPS) is 22.5. The molecule has 96 valence electrons. The Hall–Kier alpha value is -1.52. The molecule has 1 fully saturated rings. The topological polar surface area (TPSA) is 64.6 Å². The molecule has 0 aromatic heterocycles. The molecule has 0 saturated heterocycles.